The number of aldehydes is 2. The van der Waals surface area contributed by atoms with E-state index < -0.39 is 35.6 Å². The van der Waals surface area contributed by atoms with E-state index in [0.29, 0.717) is 12.6 Å². The third-order valence-electron chi connectivity index (χ3n) is 3.15. The van der Waals surface area contributed by atoms with E-state index in [4.69, 9.17) is 0 Å². The van der Waals surface area contributed by atoms with E-state index >= 15 is 0 Å². The fourth-order valence-corrected chi connectivity index (χ4v) is 2.34. The Labute approximate surface area is 98.3 Å². The Morgan fingerprint density at radius 1 is 0.941 bits per heavy atom. The zero-order valence-electron chi connectivity index (χ0n) is 9.62. The molecule has 6 heteroatoms. The minimum absolute atomic E-state index is 0.173. The smallest absolute Gasteiger partial charge is 0.310 e. The SMILES string of the molecule is COC(=O)[C@@H]1[C@@H](C(=O)OC)[C@@H](C=O)C[C@H]1C=O. The second kappa shape index (κ2) is 5.56. The highest BCUT2D eigenvalue weighted by Gasteiger charge is 2.51. The van der Waals surface area contributed by atoms with Crippen LogP contribution in [0.2, 0.25) is 0 Å². The van der Waals surface area contributed by atoms with E-state index in [9.17, 15) is 19.2 Å². The number of methoxy groups -OCH3 is 2. The van der Waals surface area contributed by atoms with Gasteiger partial charge in [0.05, 0.1) is 26.1 Å². The number of esters is 2. The summed E-state index contributed by atoms with van der Waals surface area (Å²) in [4.78, 5) is 44.9. The molecule has 0 unspecified atom stereocenters. The summed E-state index contributed by atoms with van der Waals surface area (Å²) < 4.78 is 9.12. The van der Waals surface area contributed by atoms with E-state index in [1.807, 2.05) is 0 Å². The first-order valence-corrected chi connectivity index (χ1v) is 5.16. The van der Waals surface area contributed by atoms with Crippen molar-refractivity contribution in [1.82, 2.24) is 0 Å². The first-order valence-electron chi connectivity index (χ1n) is 5.16. The van der Waals surface area contributed by atoms with Crippen molar-refractivity contribution in [3.63, 3.8) is 0 Å². The van der Waals surface area contributed by atoms with Gasteiger partial charge in [0.2, 0.25) is 0 Å². The second-order valence-electron chi connectivity index (χ2n) is 3.93. The van der Waals surface area contributed by atoms with Crippen molar-refractivity contribution < 1.29 is 28.7 Å². The molecule has 0 saturated heterocycles. The molecule has 1 aliphatic rings. The molecule has 4 atom stereocenters. The molecular weight excluding hydrogens is 228 g/mol. The highest BCUT2D eigenvalue weighted by molar-refractivity contribution is 5.88. The molecule has 0 aromatic rings. The van der Waals surface area contributed by atoms with Gasteiger partial charge in [-0.2, -0.15) is 0 Å². The number of hydrogen-bond donors (Lipinski definition) is 0. The maximum absolute atomic E-state index is 11.6. The average molecular weight is 242 g/mol. The van der Waals surface area contributed by atoms with Gasteiger partial charge in [0.1, 0.15) is 12.6 Å². The van der Waals surface area contributed by atoms with Crippen LogP contribution in [0.15, 0.2) is 0 Å². The standard InChI is InChI=1S/C11H14O6/c1-16-10(14)8-6(4-12)3-7(5-13)9(8)11(15)17-2/h4-9H,3H2,1-2H3/t6-,7+,8-,9-/m0/s1. The highest BCUT2D eigenvalue weighted by atomic mass is 16.5. The molecule has 0 aromatic heterocycles. The molecule has 0 radical (unpaired) electrons. The van der Waals surface area contributed by atoms with Gasteiger partial charge in [-0.1, -0.05) is 0 Å². The Kier molecular flexibility index (Phi) is 4.37. The zero-order valence-corrected chi connectivity index (χ0v) is 9.62. The van der Waals surface area contributed by atoms with Crippen molar-refractivity contribution in [3.8, 4) is 0 Å². The van der Waals surface area contributed by atoms with Crippen LogP contribution >= 0.6 is 0 Å². The number of rotatable bonds is 4. The zero-order chi connectivity index (χ0) is 13.0. The van der Waals surface area contributed by atoms with Crippen LogP contribution in [0.1, 0.15) is 6.42 Å². The van der Waals surface area contributed by atoms with Gasteiger partial charge < -0.3 is 19.1 Å². The van der Waals surface area contributed by atoms with Crippen LogP contribution in [0.25, 0.3) is 0 Å². The first-order chi connectivity index (χ1) is 8.10. The molecule has 1 saturated carbocycles. The van der Waals surface area contributed by atoms with Gasteiger partial charge in [-0.15, -0.1) is 0 Å². The summed E-state index contributed by atoms with van der Waals surface area (Å²) in [6.07, 6.45) is 1.34. The maximum atomic E-state index is 11.6. The van der Waals surface area contributed by atoms with Gasteiger partial charge in [0.15, 0.2) is 0 Å². The average Bonchev–Trinajstić information content (AvgIpc) is 2.75. The lowest BCUT2D eigenvalue weighted by atomic mass is 9.87. The van der Waals surface area contributed by atoms with E-state index in [1.54, 1.807) is 0 Å². The Hall–Kier alpha value is -1.72. The van der Waals surface area contributed by atoms with Crippen LogP contribution < -0.4 is 0 Å². The number of carbonyl (C=O) groups excluding carboxylic acids is 4. The molecule has 1 fully saturated rings. The minimum Gasteiger partial charge on any atom is -0.469 e. The predicted octanol–water partition coefficient (Wildman–Crippen LogP) is -0.401. The molecule has 0 heterocycles. The molecular formula is C11H14O6. The Bertz CT molecular complexity index is 305. The third-order valence-corrected chi connectivity index (χ3v) is 3.15. The molecule has 0 N–H and O–H groups in total. The molecule has 1 aliphatic carbocycles. The number of ether oxygens (including phenoxy) is 2. The monoisotopic (exact) mass is 242 g/mol. The highest BCUT2D eigenvalue weighted by Crippen LogP contribution is 2.41. The molecule has 17 heavy (non-hydrogen) atoms. The largest absolute Gasteiger partial charge is 0.469 e. The number of carbonyl (C=O) groups is 4. The predicted molar refractivity (Wildman–Crippen MR) is 54.7 cm³/mol. The first kappa shape index (κ1) is 13.3. The van der Waals surface area contributed by atoms with Crippen LogP contribution in [-0.2, 0) is 28.7 Å². The van der Waals surface area contributed by atoms with Crippen molar-refractivity contribution in [2.75, 3.05) is 14.2 Å². The summed E-state index contributed by atoms with van der Waals surface area (Å²) in [5.41, 5.74) is 0. The van der Waals surface area contributed by atoms with Crippen LogP contribution in [0.4, 0.5) is 0 Å². The molecule has 0 amide bonds. The molecule has 0 aliphatic heterocycles. The van der Waals surface area contributed by atoms with E-state index in [1.165, 1.54) is 14.2 Å². The van der Waals surface area contributed by atoms with Gasteiger partial charge in [0.25, 0.3) is 0 Å². The second-order valence-corrected chi connectivity index (χ2v) is 3.93. The Morgan fingerprint density at radius 2 is 1.29 bits per heavy atom. The van der Waals surface area contributed by atoms with Crippen LogP contribution in [0.3, 0.4) is 0 Å². The maximum Gasteiger partial charge on any atom is 0.310 e. The molecule has 0 spiro atoms. The number of hydrogen-bond acceptors (Lipinski definition) is 6. The van der Waals surface area contributed by atoms with E-state index in [2.05, 4.69) is 9.47 Å². The van der Waals surface area contributed by atoms with Crippen molar-refractivity contribution in [2.45, 2.75) is 6.42 Å². The third kappa shape index (κ3) is 2.35. The van der Waals surface area contributed by atoms with Crippen LogP contribution in [0, 0.1) is 23.7 Å². The molecule has 6 nitrogen and oxygen atoms in total. The van der Waals surface area contributed by atoms with Crippen molar-refractivity contribution in [1.29, 1.82) is 0 Å². The van der Waals surface area contributed by atoms with Gasteiger partial charge in [-0.05, 0) is 6.42 Å². The van der Waals surface area contributed by atoms with Gasteiger partial charge in [-0.25, -0.2) is 0 Å². The molecule has 0 aromatic carbocycles. The normalized spacial score (nSPS) is 31.6. The van der Waals surface area contributed by atoms with Crippen molar-refractivity contribution in [2.24, 2.45) is 23.7 Å². The van der Waals surface area contributed by atoms with Crippen molar-refractivity contribution >= 4 is 24.5 Å². The quantitative estimate of drug-likeness (QED) is 0.492. The Morgan fingerprint density at radius 3 is 1.53 bits per heavy atom. The summed E-state index contributed by atoms with van der Waals surface area (Å²) in [7, 11) is 2.35. The van der Waals surface area contributed by atoms with Crippen molar-refractivity contribution in [3.05, 3.63) is 0 Å². The van der Waals surface area contributed by atoms with Gasteiger partial charge in [-0.3, -0.25) is 9.59 Å². The van der Waals surface area contributed by atoms with Gasteiger partial charge >= 0.3 is 11.9 Å². The lowest BCUT2D eigenvalue weighted by Gasteiger charge is -2.19. The fraction of sp³-hybridized carbons (Fsp3) is 0.636. The summed E-state index contributed by atoms with van der Waals surface area (Å²) in [5, 5.41) is 0. The summed E-state index contributed by atoms with van der Waals surface area (Å²) >= 11 is 0. The minimum atomic E-state index is -0.930. The summed E-state index contributed by atoms with van der Waals surface area (Å²) in [6, 6.07) is 0. The lowest BCUT2D eigenvalue weighted by molar-refractivity contribution is -0.159. The summed E-state index contributed by atoms with van der Waals surface area (Å²) in [6.45, 7) is 0. The molecule has 1 rings (SSSR count). The molecule has 94 valence electrons. The fourth-order valence-electron chi connectivity index (χ4n) is 2.34. The lowest BCUT2D eigenvalue weighted by Crippen LogP contribution is -2.34. The topological polar surface area (TPSA) is 86.7 Å². The van der Waals surface area contributed by atoms with E-state index in [-0.39, 0.29) is 6.42 Å². The molecule has 0 bridgehead atoms. The van der Waals surface area contributed by atoms with Crippen LogP contribution in [-0.4, -0.2) is 38.7 Å². The van der Waals surface area contributed by atoms with Gasteiger partial charge in [0, 0.05) is 11.8 Å². The van der Waals surface area contributed by atoms with E-state index in [0.717, 1.165) is 0 Å². The Balaban J connectivity index is 3.07. The summed E-state index contributed by atoms with van der Waals surface area (Å²) in [5.74, 6) is -4.55. The van der Waals surface area contributed by atoms with Crippen LogP contribution in [0.5, 0.6) is 0 Å².